The molecule has 3 rings (SSSR count). The first-order valence-electron chi connectivity index (χ1n) is 7.50. The van der Waals surface area contributed by atoms with Gasteiger partial charge in [0.05, 0.1) is 6.54 Å². The molecule has 0 radical (unpaired) electrons. The van der Waals surface area contributed by atoms with Gasteiger partial charge in [-0.25, -0.2) is 0 Å². The van der Waals surface area contributed by atoms with E-state index in [1.54, 1.807) is 24.3 Å². The number of rotatable bonds is 5. The second-order valence-corrected chi connectivity index (χ2v) is 6.63. The van der Waals surface area contributed by atoms with Crippen LogP contribution in [-0.2, 0) is 15.2 Å². The van der Waals surface area contributed by atoms with Gasteiger partial charge in [0.25, 0.3) is 0 Å². The number of nitrogens with one attached hydrogen (secondary N) is 2. The van der Waals surface area contributed by atoms with E-state index in [2.05, 4.69) is 10.6 Å². The lowest BCUT2D eigenvalue weighted by atomic mass is 9.95. The van der Waals surface area contributed by atoms with E-state index in [0.29, 0.717) is 5.69 Å². The van der Waals surface area contributed by atoms with Gasteiger partial charge in [0.15, 0.2) is 0 Å². The fourth-order valence-electron chi connectivity index (χ4n) is 2.52. The Morgan fingerprint density at radius 3 is 2.48 bits per heavy atom. The van der Waals surface area contributed by atoms with Gasteiger partial charge >= 0.3 is 11.8 Å². The highest BCUT2D eigenvalue weighted by molar-refractivity contribution is 7.10. The minimum Gasteiger partial charge on any atom is -0.382 e. The zero-order chi connectivity index (χ0) is 16.3. The van der Waals surface area contributed by atoms with Crippen molar-refractivity contribution in [2.24, 2.45) is 5.92 Å². The standard InChI is InChI=1S/C17H18N2O3S/c20-15(16(21)19-13-5-2-1-3-6-13)18-11-17(22,12-8-9-12)14-7-4-10-23-14/h1-7,10,12,22H,8-9,11H2,(H,18,20)(H,19,21). The lowest BCUT2D eigenvalue weighted by Gasteiger charge is -2.27. The summed E-state index contributed by atoms with van der Waals surface area (Å²) in [5.41, 5.74) is -0.528. The third-order valence-corrected chi connectivity index (χ3v) is 4.99. The van der Waals surface area contributed by atoms with E-state index < -0.39 is 17.4 Å². The van der Waals surface area contributed by atoms with E-state index in [4.69, 9.17) is 0 Å². The molecule has 6 heteroatoms. The largest absolute Gasteiger partial charge is 0.382 e. The number of para-hydroxylation sites is 1. The Kier molecular flexibility index (Phi) is 4.45. The summed E-state index contributed by atoms with van der Waals surface area (Å²) in [4.78, 5) is 24.7. The van der Waals surface area contributed by atoms with Gasteiger partial charge in [-0.15, -0.1) is 11.3 Å². The van der Waals surface area contributed by atoms with Gasteiger partial charge in [0.2, 0.25) is 0 Å². The van der Waals surface area contributed by atoms with Gasteiger partial charge in [0, 0.05) is 10.6 Å². The van der Waals surface area contributed by atoms with Gasteiger partial charge < -0.3 is 15.7 Å². The van der Waals surface area contributed by atoms with Gasteiger partial charge in [-0.3, -0.25) is 9.59 Å². The maximum absolute atomic E-state index is 12.0. The number of anilines is 1. The van der Waals surface area contributed by atoms with Crippen molar-refractivity contribution in [1.29, 1.82) is 0 Å². The number of thiophene rings is 1. The molecule has 0 aliphatic heterocycles. The van der Waals surface area contributed by atoms with Gasteiger partial charge in [0.1, 0.15) is 5.60 Å². The lowest BCUT2D eigenvalue weighted by molar-refractivity contribution is -0.137. The zero-order valence-corrected chi connectivity index (χ0v) is 13.3. The number of carbonyl (C=O) groups is 2. The van der Waals surface area contributed by atoms with Gasteiger partial charge in [-0.2, -0.15) is 0 Å². The van der Waals surface area contributed by atoms with E-state index in [-0.39, 0.29) is 12.5 Å². The average Bonchev–Trinajstić information content (AvgIpc) is 3.28. The molecule has 2 aromatic rings. The summed E-state index contributed by atoms with van der Waals surface area (Å²) in [5.74, 6) is -1.34. The van der Waals surface area contributed by atoms with Gasteiger partial charge in [-0.05, 0) is 42.3 Å². The SMILES string of the molecule is O=C(NCC(O)(c1cccs1)C1CC1)C(=O)Nc1ccccc1. The zero-order valence-electron chi connectivity index (χ0n) is 12.5. The molecular weight excluding hydrogens is 312 g/mol. The summed E-state index contributed by atoms with van der Waals surface area (Å²) in [6.45, 7) is 0.0409. The first-order valence-corrected chi connectivity index (χ1v) is 8.38. The third kappa shape index (κ3) is 3.60. The van der Waals surface area contributed by atoms with Crippen LogP contribution >= 0.6 is 11.3 Å². The normalized spacial score (nSPS) is 16.4. The Labute approximate surface area is 138 Å². The predicted octanol–water partition coefficient (Wildman–Crippen LogP) is 2.10. The second kappa shape index (κ2) is 6.52. The predicted molar refractivity (Wildman–Crippen MR) is 89.0 cm³/mol. The van der Waals surface area contributed by atoms with Crippen LogP contribution in [0, 0.1) is 5.92 Å². The number of hydrogen-bond donors (Lipinski definition) is 3. The highest BCUT2D eigenvalue weighted by atomic mass is 32.1. The van der Waals surface area contributed by atoms with Crippen LogP contribution < -0.4 is 10.6 Å². The number of aliphatic hydroxyl groups is 1. The molecule has 1 heterocycles. The number of hydrogen-bond acceptors (Lipinski definition) is 4. The van der Waals surface area contributed by atoms with Crippen molar-refractivity contribution < 1.29 is 14.7 Å². The molecule has 1 saturated carbocycles. The molecule has 2 amide bonds. The Balaban J connectivity index is 1.60. The van der Waals surface area contributed by atoms with E-state index in [1.165, 1.54) is 11.3 Å². The number of carbonyl (C=O) groups excluding carboxylic acids is 2. The van der Waals surface area contributed by atoms with Crippen LogP contribution in [0.3, 0.4) is 0 Å². The second-order valence-electron chi connectivity index (χ2n) is 5.68. The third-order valence-electron chi connectivity index (χ3n) is 3.96. The van der Waals surface area contributed by atoms with Crippen molar-refractivity contribution in [2.45, 2.75) is 18.4 Å². The summed E-state index contributed by atoms with van der Waals surface area (Å²) in [5, 5.41) is 17.9. The van der Waals surface area contributed by atoms with Crippen LogP contribution in [0.4, 0.5) is 5.69 Å². The van der Waals surface area contributed by atoms with Crippen LogP contribution in [0.15, 0.2) is 47.8 Å². The van der Waals surface area contributed by atoms with E-state index >= 15 is 0 Å². The minimum absolute atomic E-state index is 0.0409. The summed E-state index contributed by atoms with van der Waals surface area (Å²) in [6.07, 6.45) is 1.86. The Morgan fingerprint density at radius 1 is 1.13 bits per heavy atom. The first-order chi connectivity index (χ1) is 11.1. The molecule has 0 bridgehead atoms. The molecule has 1 aliphatic carbocycles. The van der Waals surface area contributed by atoms with Crippen molar-refractivity contribution in [3.05, 3.63) is 52.7 Å². The number of benzene rings is 1. The summed E-state index contributed by atoms with van der Waals surface area (Å²) in [7, 11) is 0. The van der Waals surface area contributed by atoms with Crippen molar-refractivity contribution in [3.63, 3.8) is 0 Å². The van der Waals surface area contributed by atoms with Crippen LogP contribution in [0.5, 0.6) is 0 Å². The van der Waals surface area contributed by atoms with Crippen molar-refractivity contribution in [3.8, 4) is 0 Å². The van der Waals surface area contributed by atoms with Crippen LogP contribution in [0.1, 0.15) is 17.7 Å². The van der Waals surface area contributed by atoms with Crippen LogP contribution in [0.2, 0.25) is 0 Å². The Morgan fingerprint density at radius 2 is 1.87 bits per heavy atom. The molecule has 0 saturated heterocycles. The molecule has 1 unspecified atom stereocenters. The smallest absolute Gasteiger partial charge is 0.313 e. The molecule has 1 aliphatic rings. The van der Waals surface area contributed by atoms with E-state index in [0.717, 1.165) is 17.7 Å². The maximum atomic E-state index is 12.0. The fraction of sp³-hybridized carbons (Fsp3) is 0.294. The summed E-state index contributed by atoms with van der Waals surface area (Å²) >= 11 is 1.46. The maximum Gasteiger partial charge on any atom is 0.313 e. The quantitative estimate of drug-likeness (QED) is 0.735. The van der Waals surface area contributed by atoms with Crippen LogP contribution in [0.25, 0.3) is 0 Å². The first kappa shape index (κ1) is 15.7. The van der Waals surface area contributed by atoms with Gasteiger partial charge in [-0.1, -0.05) is 24.3 Å². The molecule has 120 valence electrons. The van der Waals surface area contributed by atoms with Crippen molar-refractivity contribution >= 4 is 28.8 Å². The average molecular weight is 330 g/mol. The van der Waals surface area contributed by atoms with Crippen LogP contribution in [-0.4, -0.2) is 23.5 Å². The monoisotopic (exact) mass is 330 g/mol. The Bertz CT molecular complexity index is 683. The molecular formula is C17H18N2O3S. The molecule has 1 aromatic carbocycles. The lowest BCUT2D eigenvalue weighted by Crippen LogP contribution is -2.45. The molecule has 5 nitrogen and oxygen atoms in total. The molecule has 1 atom stereocenters. The number of amides is 2. The molecule has 23 heavy (non-hydrogen) atoms. The van der Waals surface area contributed by atoms with E-state index in [1.807, 2.05) is 23.6 Å². The Hall–Kier alpha value is -2.18. The molecule has 0 spiro atoms. The highest BCUT2D eigenvalue weighted by Gasteiger charge is 2.46. The summed E-state index contributed by atoms with van der Waals surface area (Å²) < 4.78 is 0. The molecule has 1 fully saturated rings. The molecule has 1 aromatic heterocycles. The van der Waals surface area contributed by atoms with E-state index in [9.17, 15) is 14.7 Å². The minimum atomic E-state index is -1.09. The fourth-order valence-corrected chi connectivity index (χ4v) is 3.43. The topological polar surface area (TPSA) is 78.4 Å². The summed E-state index contributed by atoms with van der Waals surface area (Å²) in [6, 6.07) is 12.5. The highest BCUT2D eigenvalue weighted by Crippen LogP contribution is 2.46. The van der Waals surface area contributed by atoms with Crippen molar-refractivity contribution in [1.82, 2.24) is 5.32 Å². The van der Waals surface area contributed by atoms with Crippen molar-refractivity contribution in [2.75, 3.05) is 11.9 Å². The molecule has 3 N–H and O–H groups in total.